The summed E-state index contributed by atoms with van der Waals surface area (Å²) < 4.78 is 7.78. The average molecular weight is 271 g/mol. The number of rotatable bonds is 3. The van der Waals surface area contributed by atoms with Gasteiger partial charge >= 0.3 is 0 Å². The molecule has 2 heterocycles. The Hall–Kier alpha value is -0.950. The van der Waals surface area contributed by atoms with Crippen molar-refractivity contribution in [3.63, 3.8) is 0 Å². The van der Waals surface area contributed by atoms with Crippen LogP contribution in [-0.4, -0.2) is 44.8 Å². The zero-order valence-corrected chi connectivity index (χ0v) is 10.9. The normalized spacial score (nSPS) is 27.6. The lowest BCUT2D eigenvalue weighted by Gasteiger charge is -2.17. The second-order valence-corrected chi connectivity index (χ2v) is 4.99. The summed E-state index contributed by atoms with van der Waals surface area (Å²) in [7, 11) is 0. The van der Waals surface area contributed by atoms with Gasteiger partial charge in [0.25, 0.3) is 0 Å². The zero-order valence-electron chi connectivity index (χ0n) is 10.1. The van der Waals surface area contributed by atoms with Gasteiger partial charge in [0.1, 0.15) is 6.10 Å². The molecule has 0 aromatic carbocycles. The Morgan fingerprint density at radius 1 is 1.56 bits per heavy atom. The highest BCUT2D eigenvalue weighted by atomic mass is 32.1. The van der Waals surface area contributed by atoms with Crippen LogP contribution in [0.3, 0.4) is 0 Å². The van der Waals surface area contributed by atoms with Crippen LogP contribution in [0.2, 0.25) is 0 Å². The predicted molar refractivity (Wildman–Crippen MR) is 68.0 cm³/mol. The fraction of sp³-hybridized carbons (Fsp3) is 0.583. The van der Waals surface area contributed by atoms with Crippen molar-refractivity contribution in [1.82, 2.24) is 4.57 Å². The molecule has 0 spiro atoms. The first kappa shape index (κ1) is 13.5. The second-order valence-electron chi connectivity index (χ2n) is 4.55. The Bertz CT molecular complexity index is 487. The molecule has 1 aromatic rings. The molecule has 0 amide bonds. The summed E-state index contributed by atoms with van der Waals surface area (Å²) in [5, 5.41) is 28.4. The van der Waals surface area contributed by atoms with Gasteiger partial charge in [-0.25, -0.2) is 0 Å². The molecule has 1 unspecified atom stereocenters. The maximum atomic E-state index is 9.76. The van der Waals surface area contributed by atoms with E-state index in [0.29, 0.717) is 23.2 Å². The molecular weight excluding hydrogens is 254 g/mol. The first-order chi connectivity index (χ1) is 8.52. The van der Waals surface area contributed by atoms with Crippen LogP contribution in [-0.2, 0) is 11.3 Å². The van der Waals surface area contributed by atoms with Gasteiger partial charge in [0.05, 0.1) is 29.0 Å². The number of hydrogen-bond donors (Lipinski definition) is 3. The smallest absolute Gasteiger partial charge is 0.152 e. The van der Waals surface area contributed by atoms with Crippen molar-refractivity contribution in [2.24, 2.45) is 0 Å². The van der Waals surface area contributed by atoms with Gasteiger partial charge in [-0.15, -0.1) is 0 Å². The zero-order chi connectivity index (χ0) is 13.3. The van der Waals surface area contributed by atoms with E-state index in [1.165, 1.54) is 0 Å². The van der Waals surface area contributed by atoms with E-state index in [0.717, 1.165) is 0 Å². The third-order valence-corrected chi connectivity index (χ3v) is 3.62. The van der Waals surface area contributed by atoms with E-state index in [1.807, 2.05) is 4.57 Å². The number of aromatic hydroxyl groups is 1. The Morgan fingerprint density at radius 2 is 2.28 bits per heavy atom. The van der Waals surface area contributed by atoms with Gasteiger partial charge in [-0.3, -0.25) is 0 Å². The molecule has 18 heavy (non-hydrogen) atoms. The molecule has 100 valence electrons. The van der Waals surface area contributed by atoms with Crippen molar-refractivity contribution >= 4 is 12.2 Å². The van der Waals surface area contributed by atoms with Crippen LogP contribution in [0.25, 0.3) is 0 Å². The number of aromatic nitrogens is 1. The standard InChI is InChI=1S/C12H17NO4S/c1-7-12(16)11(18)2-3-13(7)5-8-4-9(15)10(6-14)17-8/h2-3,8-10,14-16H,4-6H2,1H3/t8-,9?,10-/m1/s1. The van der Waals surface area contributed by atoms with E-state index < -0.39 is 12.2 Å². The van der Waals surface area contributed by atoms with E-state index in [2.05, 4.69) is 0 Å². The first-order valence-electron chi connectivity index (χ1n) is 5.86. The summed E-state index contributed by atoms with van der Waals surface area (Å²) in [5.41, 5.74) is 0.674. The van der Waals surface area contributed by atoms with Gasteiger partial charge in [-0.05, 0) is 13.0 Å². The van der Waals surface area contributed by atoms with Crippen LogP contribution < -0.4 is 0 Å². The highest BCUT2D eigenvalue weighted by Gasteiger charge is 2.33. The van der Waals surface area contributed by atoms with Crippen molar-refractivity contribution in [1.29, 1.82) is 0 Å². The number of pyridine rings is 1. The molecule has 0 radical (unpaired) electrons. The van der Waals surface area contributed by atoms with Crippen molar-refractivity contribution in [2.45, 2.75) is 38.2 Å². The van der Waals surface area contributed by atoms with Crippen LogP contribution in [0.1, 0.15) is 12.1 Å². The maximum absolute atomic E-state index is 9.76. The van der Waals surface area contributed by atoms with Crippen LogP contribution in [0, 0.1) is 11.4 Å². The second kappa shape index (κ2) is 5.36. The predicted octanol–water partition coefficient (Wildman–Crippen LogP) is 0.742. The largest absolute Gasteiger partial charge is 0.505 e. The van der Waals surface area contributed by atoms with E-state index in [9.17, 15) is 10.2 Å². The first-order valence-corrected chi connectivity index (χ1v) is 6.27. The number of nitrogens with zero attached hydrogens (tertiary/aromatic N) is 1. The fourth-order valence-electron chi connectivity index (χ4n) is 2.18. The van der Waals surface area contributed by atoms with Crippen LogP contribution >= 0.6 is 12.2 Å². The summed E-state index contributed by atoms with van der Waals surface area (Å²) in [6, 6.07) is 1.66. The van der Waals surface area contributed by atoms with Crippen LogP contribution in [0.4, 0.5) is 0 Å². The average Bonchev–Trinajstić information content (AvgIpc) is 2.70. The van der Waals surface area contributed by atoms with Gasteiger partial charge < -0.3 is 24.6 Å². The molecule has 1 aromatic heterocycles. The van der Waals surface area contributed by atoms with Gasteiger partial charge in [0, 0.05) is 19.2 Å². The summed E-state index contributed by atoms with van der Waals surface area (Å²) in [6.07, 6.45) is 0.958. The quantitative estimate of drug-likeness (QED) is 0.707. The Morgan fingerprint density at radius 3 is 2.89 bits per heavy atom. The molecule has 6 heteroatoms. The summed E-state index contributed by atoms with van der Waals surface area (Å²) >= 11 is 4.97. The Balaban J connectivity index is 2.12. The lowest BCUT2D eigenvalue weighted by Crippen LogP contribution is -2.24. The summed E-state index contributed by atoms with van der Waals surface area (Å²) in [5.74, 6) is 0.102. The summed E-state index contributed by atoms with van der Waals surface area (Å²) in [4.78, 5) is 0. The molecule has 3 atom stereocenters. The lowest BCUT2D eigenvalue weighted by atomic mass is 10.1. The van der Waals surface area contributed by atoms with Crippen molar-refractivity contribution < 1.29 is 20.1 Å². The minimum Gasteiger partial charge on any atom is -0.505 e. The van der Waals surface area contributed by atoms with E-state index in [-0.39, 0.29) is 18.5 Å². The van der Waals surface area contributed by atoms with E-state index >= 15 is 0 Å². The number of aliphatic hydroxyl groups excluding tert-OH is 2. The Labute approximate surface area is 110 Å². The highest BCUT2D eigenvalue weighted by Crippen LogP contribution is 2.24. The maximum Gasteiger partial charge on any atom is 0.152 e. The van der Waals surface area contributed by atoms with Crippen molar-refractivity contribution in [3.05, 3.63) is 22.5 Å². The van der Waals surface area contributed by atoms with E-state index in [4.69, 9.17) is 22.1 Å². The number of aliphatic hydroxyl groups is 2. The third-order valence-electron chi connectivity index (χ3n) is 3.29. The van der Waals surface area contributed by atoms with Gasteiger partial charge in [-0.2, -0.15) is 0 Å². The van der Waals surface area contributed by atoms with Crippen molar-refractivity contribution in [3.8, 4) is 5.75 Å². The molecule has 0 bridgehead atoms. The molecule has 0 saturated carbocycles. The number of ether oxygens (including phenoxy) is 1. The highest BCUT2D eigenvalue weighted by molar-refractivity contribution is 7.71. The third kappa shape index (κ3) is 2.56. The number of hydrogen-bond acceptors (Lipinski definition) is 5. The topological polar surface area (TPSA) is 74.9 Å². The van der Waals surface area contributed by atoms with Gasteiger partial charge in [0.15, 0.2) is 5.75 Å². The van der Waals surface area contributed by atoms with Gasteiger partial charge in [-0.1, -0.05) is 12.2 Å². The minimum atomic E-state index is -0.632. The molecular formula is C12H17NO4S. The molecule has 1 aliphatic heterocycles. The molecule has 3 N–H and O–H groups in total. The SMILES string of the molecule is Cc1c(O)c(=S)ccn1C[C@H]1CC(O)[C@@H](CO)O1. The fourth-order valence-corrected chi connectivity index (χ4v) is 2.39. The summed E-state index contributed by atoms with van der Waals surface area (Å²) in [6.45, 7) is 2.11. The molecule has 1 aliphatic rings. The molecule has 5 nitrogen and oxygen atoms in total. The molecule has 1 fully saturated rings. The van der Waals surface area contributed by atoms with Crippen LogP contribution in [0.5, 0.6) is 5.75 Å². The van der Waals surface area contributed by atoms with Crippen molar-refractivity contribution in [2.75, 3.05) is 6.61 Å². The van der Waals surface area contributed by atoms with Gasteiger partial charge in [0.2, 0.25) is 0 Å². The van der Waals surface area contributed by atoms with E-state index in [1.54, 1.807) is 19.2 Å². The monoisotopic (exact) mass is 271 g/mol. The lowest BCUT2D eigenvalue weighted by molar-refractivity contribution is -0.0259. The Kier molecular flexibility index (Phi) is 4.01. The molecule has 0 aliphatic carbocycles. The minimum absolute atomic E-state index is 0.102. The molecule has 2 rings (SSSR count). The molecule has 1 saturated heterocycles. The van der Waals surface area contributed by atoms with Crippen LogP contribution in [0.15, 0.2) is 12.3 Å².